The molecule has 1 aliphatic heterocycles. The minimum absolute atomic E-state index is 0.0373. The number of benzene rings is 1. The van der Waals surface area contributed by atoms with Crippen LogP contribution in [0.15, 0.2) is 24.3 Å². The van der Waals surface area contributed by atoms with Crippen molar-refractivity contribution in [3.05, 3.63) is 50.7 Å². The number of piperazine rings is 1. The van der Waals surface area contributed by atoms with E-state index in [1.165, 1.54) is 15.3 Å². The first kappa shape index (κ1) is 21.5. The molecule has 2 N–H and O–H groups in total. The summed E-state index contributed by atoms with van der Waals surface area (Å²) in [4.78, 5) is 30.6. The van der Waals surface area contributed by atoms with Crippen LogP contribution in [0.4, 0.5) is 5.69 Å². The molecule has 5 nitrogen and oxygen atoms in total. The Hall–Kier alpha value is -2.18. The highest BCUT2D eigenvalue weighted by Crippen LogP contribution is 2.24. The Morgan fingerprint density at radius 3 is 2.41 bits per heavy atom. The third-order valence-electron chi connectivity index (χ3n) is 5.66. The van der Waals surface area contributed by atoms with E-state index in [0.29, 0.717) is 19.6 Å². The van der Waals surface area contributed by atoms with Gasteiger partial charge in [-0.25, -0.2) is 0 Å². The molecular weight excluding hydrogens is 382 g/mol. The van der Waals surface area contributed by atoms with Gasteiger partial charge < -0.3 is 15.1 Å². The van der Waals surface area contributed by atoms with Gasteiger partial charge >= 0.3 is 0 Å². The van der Waals surface area contributed by atoms with Crippen molar-refractivity contribution in [1.82, 2.24) is 4.90 Å². The van der Waals surface area contributed by atoms with Gasteiger partial charge in [0.2, 0.25) is 0 Å². The van der Waals surface area contributed by atoms with Gasteiger partial charge in [-0.2, -0.15) is 0 Å². The molecule has 2 amide bonds. The lowest BCUT2D eigenvalue weighted by Gasteiger charge is -2.31. The van der Waals surface area contributed by atoms with Crippen molar-refractivity contribution in [2.45, 2.75) is 40.5 Å². The topological polar surface area (TPSA) is 53.9 Å². The van der Waals surface area contributed by atoms with E-state index < -0.39 is 0 Å². The molecule has 6 heteroatoms. The highest BCUT2D eigenvalue weighted by atomic mass is 32.1. The maximum absolute atomic E-state index is 12.9. The monoisotopic (exact) mass is 414 g/mol. The van der Waals surface area contributed by atoms with Crippen LogP contribution in [0.25, 0.3) is 0 Å². The van der Waals surface area contributed by atoms with Crippen molar-refractivity contribution >= 4 is 28.8 Å². The van der Waals surface area contributed by atoms with Gasteiger partial charge in [0.05, 0.1) is 31.1 Å². The van der Waals surface area contributed by atoms with Gasteiger partial charge in [-0.3, -0.25) is 9.59 Å². The summed E-state index contributed by atoms with van der Waals surface area (Å²) in [6.45, 7) is 11.7. The highest BCUT2D eigenvalue weighted by molar-refractivity contribution is 7.14. The van der Waals surface area contributed by atoms with Crippen LogP contribution < -0.4 is 10.2 Å². The molecule has 0 atom stereocenters. The second-order valence-electron chi connectivity index (χ2n) is 7.98. The van der Waals surface area contributed by atoms with Crippen LogP contribution in [0.1, 0.15) is 44.6 Å². The molecule has 0 radical (unpaired) electrons. The number of thiophene rings is 1. The molecule has 29 heavy (non-hydrogen) atoms. The fraction of sp³-hybridized carbons (Fsp3) is 0.478. The van der Waals surface area contributed by atoms with Gasteiger partial charge in [0.15, 0.2) is 6.54 Å². The summed E-state index contributed by atoms with van der Waals surface area (Å²) < 4.78 is 0. The molecule has 0 unspecified atom stereocenters. The minimum atomic E-state index is 0.0373. The lowest BCUT2D eigenvalue weighted by Crippen LogP contribution is -3.15. The van der Waals surface area contributed by atoms with Gasteiger partial charge in [-0.1, -0.05) is 31.5 Å². The number of para-hydroxylation sites is 1. The van der Waals surface area contributed by atoms with Crippen LogP contribution in [0.5, 0.6) is 0 Å². The molecule has 2 heterocycles. The zero-order chi connectivity index (χ0) is 21.0. The number of quaternary nitrogens is 1. The van der Waals surface area contributed by atoms with Gasteiger partial charge in [0, 0.05) is 10.6 Å². The van der Waals surface area contributed by atoms with E-state index in [9.17, 15) is 9.59 Å². The summed E-state index contributed by atoms with van der Waals surface area (Å²) in [5, 5.41) is 3.07. The number of amides is 2. The number of rotatable bonds is 6. The lowest BCUT2D eigenvalue weighted by atomic mass is 10.1. The molecule has 1 aromatic carbocycles. The van der Waals surface area contributed by atoms with Crippen molar-refractivity contribution in [3.63, 3.8) is 0 Å². The highest BCUT2D eigenvalue weighted by Gasteiger charge is 2.27. The normalized spacial score (nSPS) is 14.8. The van der Waals surface area contributed by atoms with Crippen LogP contribution in [0, 0.1) is 20.8 Å². The molecule has 0 bridgehead atoms. The summed E-state index contributed by atoms with van der Waals surface area (Å²) >= 11 is 1.61. The van der Waals surface area contributed by atoms with Crippen LogP contribution in [-0.2, 0) is 11.2 Å². The van der Waals surface area contributed by atoms with Gasteiger partial charge in [0.25, 0.3) is 11.8 Å². The fourth-order valence-electron chi connectivity index (χ4n) is 3.92. The summed E-state index contributed by atoms with van der Waals surface area (Å²) in [7, 11) is 0. The van der Waals surface area contributed by atoms with Crippen molar-refractivity contribution in [1.29, 1.82) is 0 Å². The lowest BCUT2D eigenvalue weighted by molar-refractivity contribution is -0.895. The van der Waals surface area contributed by atoms with E-state index >= 15 is 0 Å². The number of hydrogen-bond donors (Lipinski definition) is 2. The van der Waals surface area contributed by atoms with E-state index in [4.69, 9.17) is 0 Å². The van der Waals surface area contributed by atoms with Crippen molar-refractivity contribution in [2.75, 3.05) is 38.0 Å². The number of carbonyl (C=O) groups is 2. The van der Waals surface area contributed by atoms with Crippen molar-refractivity contribution in [3.8, 4) is 0 Å². The molecule has 1 fully saturated rings. The summed E-state index contributed by atoms with van der Waals surface area (Å²) in [5.74, 6) is 0.176. The van der Waals surface area contributed by atoms with E-state index in [1.807, 2.05) is 36.9 Å². The molecule has 3 rings (SSSR count). The second-order valence-corrected chi connectivity index (χ2v) is 9.23. The summed E-state index contributed by atoms with van der Waals surface area (Å²) in [6.07, 6.45) is 2.13. The van der Waals surface area contributed by atoms with Crippen LogP contribution in [0.3, 0.4) is 0 Å². The van der Waals surface area contributed by atoms with Gasteiger partial charge in [-0.05, 0) is 49.9 Å². The smallest absolute Gasteiger partial charge is 0.279 e. The molecule has 2 aromatic rings. The van der Waals surface area contributed by atoms with Crippen LogP contribution in [-0.4, -0.2) is 49.4 Å². The Balaban J connectivity index is 1.52. The van der Waals surface area contributed by atoms with E-state index in [0.717, 1.165) is 47.6 Å². The number of nitrogens with zero attached hydrogens (tertiary/aromatic N) is 1. The van der Waals surface area contributed by atoms with Crippen molar-refractivity contribution in [2.24, 2.45) is 0 Å². The van der Waals surface area contributed by atoms with Gasteiger partial charge in [-0.15, -0.1) is 11.3 Å². The molecule has 1 aliphatic rings. The molecule has 156 valence electrons. The third kappa shape index (κ3) is 5.25. The minimum Gasteiger partial charge on any atom is -0.327 e. The number of hydrogen-bond acceptors (Lipinski definition) is 3. The first-order valence-corrected chi connectivity index (χ1v) is 11.3. The first-order chi connectivity index (χ1) is 13.9. The van der Waals surface area contributed by atoms with E-state index in [-0.39, 0.29) is 11.8 Å². The van der Waals surface area contributed by atoms with E-state index in [1.54, 1.807) is 11.3 Å². The molecule has 0 saturated carbocycles. The molecule has 1 saturated heterocycles. The number of aryl methyl sites for hydroxylation is 4. The van der Waals surface area contributed by atoms with E-state index in [2.05, 4.69) is 25.2 Å². The zero-order valence-electron chi connectivity index (χ0n) is 17.9. The zero-order valence-corrected chi connectivity index (χ0v) is 18.7. The summed E-state index contributed by atoms with van der Waals surface area (Å²) in [5.41, 5.74) is 4.38. The average Bonchev–Trinajstić information content (AvgIpc) is 3.06. The standard InChI is InChI=1S/C23H31N3O2S/c1-5-7-19-14-20(29-18(19)4)23(28)26-12-10-25(11-13-26)15-21(27)24-22-16(2)8-6-9-17(22)3/h6,8-9,14H,5,7,10-13,15H2,1-4H3,(H,24,27)/p+1. The Morgan fingerprint density at radius 2 is 1.79 bits per heavy atom. The maximum atomic E-state index is 12.9. The SMILES string of the molecule is CCCc1cc(C(=O)N2CC[NH+](CC(=O)Nc3c(C)cccc3C)CC2)sc1C. The molecule has 1 aromatic heterocycles. The van der Waals surface area contributed by atoms with Crippen LogP contribution >= 0.6 is 11.3 Å². The fourth-order valence-corrected chi connectivity index (χ4v) is 4.96. The van der Waals surface area contributed by atoms with Crippen molar-refractivity contribution < 1.29 is 14.5 Å². The predicted octanol–water partition coefficient (Wildman–Crippen LogP) is 2.61. The Bertz CT molecular complexity index is 862. The number of nitrogens with one attached hydrogen (secondary N) is 2. The largest absolute Gasteiger partial charge is 0.327 e. The molecule has 0 aliphatic carbocycles. The Morgan fingerprint density at radius 1 is 1.14 bits per heavy atom. The quantitative estimate of drug-likeness (QED) is 0.763. The molecule has 0 spiro atoms. The second kappa shape index (κ2) is 9.55. The Labute approximate surface area is 177 Å². The van der Waals surface area contributed by atoms with Crippen LogP contribution in [0.2, 0.25) is 0 Å². The summed E-state index contributed by atoms with van der Waals surface area (Å²) in [6, 6.07) is 8.10. The first-order valence-electron chi connectivity index (χ1n) is 10.5. The maximum Gasteiger partial charge on any atom is 0.279 e. The number of carbonyl (C=O) groups excluding carboxylic acids is 2. The van der Waals surface area contributed by atoms with Gasteiger partial charge in [0.1, 0.15) is 0 Å². The number of anilines is 1. The molecular formula is C23H32N3O2S+. The average molecular weight is 415 g/mol. The predicted molar refractivity (Wildman–Crippen MR) is 119 cm³/mol. The Kier molecular flexibility index (Phi) is 7.09. The third-order valence-corrected chi connectivity index (χ3v) is 6.75.